The number of nitrogens with one attached hydrogen (secondary N) is 2. The average Bonchev–Trinajstić information content (AvgIpc) is 3.54. The molecule has 7 heteroatoms. The fourth-order valence-electron chi connectivity index (χ4n) is 4.40. The van der Waals surface area contributed by atoms with Crippen LogP contribution < -0.4 is 25.0 Å². The first-order chi connectivity index (χ1) is 16.2. The number of guanidine groups is 1. The third-order valence-corrected chi connectivity index (χ3v) is 6.23. The largest absolute Gasteiger partial charge is 0.497 e. The lowest BCUT2D eigenvalue weighted by Crippen LogP contribution is -2.44. The number of nitrogens with zero attached hydrogens (tertiary/aromatic N) is 3. The molecule has 7 nitrogen and oxygen atoms in total. The predicted molar refractivity (Wildman–Crippen MR) is 134 cm³/mol. The van der Waals surface area contributed by atoms with Gasteiger partial charge in [-0.3, -0.25) is 9.89 Å². The molecule has 2 aliphatic heterocycles. The van der Waals surface area contributed by atoms with Crippen molar-refractivity contribution in [1.82, 2.24) is 15.5 Å². The number of ether oxygens (including phenoxy) is 2. The van der Waals surface area contributed by atoms with Gasteiger partial charge in [-0.25, -0.2) is 0 Å². The molecular weight excluding hydrogens is 414 g/mol. The smallest absolute Gasteiger partial charge is 0.191 e. The lowest BCUT2D eigenvalue weighted by molar-refractivity contribution is 0.321. The highest BCUT2D eigenvalue weighted by molar-refractivity contribution is 5.80. The summed E-state index contributed by atoms with van der Waals surface area (Å²) in [7, 11) is 5.20. The number of aliphatic imine (C=N–C) groups is 1. The van der Waals surface area contributed by atoms with Gasteiger partial charge in [0.15, 0.2) is 5.96 Å². The third kappa shape index (κ3) is 6.20. The van der Waals surface area contributed by atoms with Crippen LogP contribution in [0.25, 0.3) is 0 Å². The molecule has 1 fully saturated rings. The zero-order chi connectivity index (χ0) is 23.0. The highest BCUT2D eigenvalue weighted by atomic mass is 16.5. The highest BCUT2D eigenvalue weighted by Gasteiger charge is 2.23. The van der Waals surface area contributed by atoms with E-state index in [2.05, 4.69) is 74.0 Å². The third-order valence-electron chi connectivity index (χ3n) is 6.23. The molecule has 0 spiro atoms. The van der Waals surface area contributed by atoms with Gasteiger partial charge >= 0.3 is 0 Å². The standard InChI is InChI=1S/C26H35N5O2/c1-27-26(28-17-20-6-8-23(9-7-20)31-11-4-5-12-31)29-22-10-13-30(19-22)18-21-14-24(32-2)16-25(15-21)33-3/h4-9,14-16,22H,10-13,17-19H2,1-3H3,(H2,27,28,29). The van der Waals surface area contributed by atoms with Gasteiger partial charge in [0.1, 0.15) is 11.5 Å². The van der Waals surface area contributed by atoms with Gasteiger partial charge in [0, 0.05) is 64.1 Å². The summed E-state index contributed by atoms with van der Waals surface area (Å²) in [6.07, 6.45) is 5.51. The molecule has 0 saturated carbocycles. The second-order valence-corrected chi connectivity index (χ2v) is 8.55. The van der Waals surface area contributed by atoms with Gasteiger partial charge < -0.3 is 25.0 Å². The summed E-state index contributed by atoms with van der Waals surface area (Å²) in [5.41, 5.74) is 3.71. The molecule has 0 bridgehead atoms. The molecule has 1 unspecified atom stereocenters. The summed E-state index contributed by atoms with van der Waals surface area (Å²) < 4.78 is 10.8. The molecule has 2 aromatic carbocycles. The number of methoxy groups -OCH3 is 2. The van der Waals surface area contributed by atoms with Gasteiger partial charge in [-0.1, -0.05) is 24.3 Å². The quantitative estimate of drug-likeness (QED) is 0.367. The predicted octanol–water partition coefficient (Wildman–Crippen LogP) is 3.02. The second-order valence-electron chi connectivity index (χ2n) is 8.55. The van der Waals surface area contributed by atoms with Gasteiger partial charge in [0.2, 0.25) is 0 Å². The fourth-order valence-corrected chi connectivity index (χ4v) is 4.40. The van der Waals surface area contributed by atoms with E-state index in [0.29, 0.717) is 6.04 Å². The molecule has 0 aliphatic carbocycles. The van der Waals surface area contributed by atoms with Crippen LogP contribution in [0, 0.1) is 0 Å². The first-order valence-corrected chi connectivity index (χ1v) is 11.6. The first-order valence-electron chi connectivity index (χ1n) is 11.6. The Labute approximate surface area is 197 Å². The molecule has 2 aliphatic rings. The van der Waals surface area contributed by atoms with Crippen LogP contribution in [0.3, 0.4) is 0 Å². The maximum Gasteiger partial charge on any atom is 0.191 e. The molecule has 1 atom stereocenters. The lowest BCUT2D eigenvalue weighted by Gasteiger charge is -2.20. The van der Waals surface area contributed by atoms with Crippen LogP contribution in [0.4, 0.5) is 5.69 Å². The maximum absolute atomic E-state index is 5.41. The minimum Gasteiger partial charge on any atom is -0.497 e. The Bertz CT molecular complexity index is 943. The van der Waals surface area contributed by atoms with E-state index in [4.69, 9.17) is 9.47 Å². The van der Waals surface area contributed by atoms with Crippen molar-refractivity contribution >= 4 is 11.6 Å². The molecule has 0 aromatic heterocycles. The first kappa shape index (κ1) is 23.0. The van der Waals surface area contributed by atoms with Crippen molar-refractivity contribution in [3.8, 4) is 11.5 Å². The van der Waals surface area contributed by atoms with Gasteiger partial charge in [-0.15, -0.1) is 0 Å². The van der Waals surface area contributed by atoms with Crippen molar-refractivity contribution in [3.63, 3.8) is 0 Å². The molecule has 2 N–H and O–H groups in total. The Morgan fingerprint density at radius 3 is 2.33 bits per heavy atom. The zero-order valence-corrected chi connectivity index (χ0v) is 19.9. The number of hydrogen-bond donors (Lipinski definition) is 2. The van der Waals surface area contributed by atoms with Gasteiger partial charge in [0.25, 0.3) is 0 Å². The van der Waals surface area contributed by atoms with Crippen molar-refractivity contribution in [3.05, 3.63) is 65.7 Å². The molecular formula is C26H35N5O2. The molecule has 176 valence electrons. The van der Waals surface area contributed by atoms with Crippen LogP contribution in [0.2, 0.25) is 0 Å². The SMILES string of the molecule is CN=C(NCc1ccc(N2CC=CC2)cc1)NC1CCN(Cc2cc(OC)cc(OC)c2)C1. The van der Waals surface area contributed by atoms with E-state index in [1.807, 2.05) is 13.1 Å². The summed E-state index contributed by atoms with van der Waals surface area (Å²) in [6.45, 7) is 5.63. The Kier molecular flexibility index (Phi) is 7.73. The van der Waals surface area contributed by atoms with E-state index in [0.717, 1.165) is 63.1 Å². The van der Waals surface area contributed by atoms with Crippen LogP contribution in [0.1, 0.15) is 17.5 Å². The minimum atomic E-state index is 0.369. The van der Waals surface area contributed by atoms with Crippen molar-refractivity contribution in [2.75, 3.05) is 52.3 Å². The van der Waals surface area contributed by atoms with Crippen molar-refractivity contribution in [2.24, 2.45) is 4.99 Å². The highest BCUT2D eigenvalue weighted by Crippen LogP contribution is 2.24. The normalized spacial score (nSPS) is 18.6. The van der Waals surface area contributed by atoms with Crippen LogP contribution in [0.5, 0.6) is 11.5 Å². The maximum atomic E-state index is 5.41. The Hall–Kier alpha value is -3.19. The molecule has 33 heavy (non-hydrogen) atoms. The number of anilines is 1. The monoisotopic (exact) mass is 449 g/mol. The zero-order valence-electron chi connectivity index (χ0n) is 19.9. The van der Waals surface area contributed by atoms with Crippen LogP contribution in [-0.2, 0) is 13.1 Å². The van der Waals surface area contributed by atoms with E-state index in [1.54, 1.807) is 14.2 Å². The van der Waals surface area contributed by atoms with Crippen LogP contribution >= 0.6 is 0 Å². The summed E-state index contributed by atoms with van der Waals surface area (Å²) in [5, 5.41) is 7.04. The number of hydrogen-bond acceptors (Lipinski definition) is 5. The van der Waals surface area contributed by atoms with Crippen molar-refractivity contribution in [2.45, 2.75) is 25.6 Å². The van der Waals surface area contributed by atoms with E-state index in [1.165, 1.54) is 16.8 Å². The molecule has 0 amide bonds. The summed E-state index contributed by atoms with van der Waals surface area (Å²) >= 11 is 0. The topological polar surface area (TPSA) is 61.4 Å². The van der Waals surface area contributed by atoms with Crippen molar-refractivity contribution < 1.29 is 9.47 Å². The fraction of sp³-hybridized carbons (Fsp3) is 0.423. The van der Waals surface area contributed by atoms with E-state index in [-0.39, 0.29) is 0 Å². The Morgan fingerprint density at radius 2 is 1.70 bits per heavy atom. The Morgan fingerprint density at radius 1 is 1.00 bits per heavy atom. The molecule has 4 rings (SSSR count). The number of likely N-dealkylation sites (tertiary alicyclic amines) is 1. The van der Waals surface area contributed by atoms with Crippen molar-refractivity contribution in [1.29, 1.82) is 0 Å². The van der Waals surface area contributed by atoms with E-state index >= 15 is 0 Å². The average molecular weight is 450 g/mol. The summed E-state index contributed by atoms with van der Waals surface area (Å²) in [6, 6.07) is 15.2. The summed E-state index contributed by atoms with van der Waals surface area (Å²) in [5.74, 6) is 2.50. The Balaban J connectivity index is 1.25. The molecule has 0 radical (unpaired) electrons. The number of rotatable bonds is 8. The lowest BCUT2D eigenvalue weighted by atomic mass is 10.2. The molecule has 2 heterocycles. The van der Waals surface area contributed by atoms with E-state index < -0.39 is 0 Å². The van der Waals surface area contributed by atoms with Crippen LogP contribution in [-0.4, -0.2) is 64.3 Å². The molecule has 1 saturated heterocycles. The van der Waals surface area contributed by atoms with E-state index in [9.17, 15) is 0 Å². The minimum absolute atomic E-state index is 0.369. The second kappa shape index (κ2) is 11.1. The molecule has 2 aromatic rings. The number of benzene rings is 2. The van der Waals surface area contributed by atoms with Gasteiger partial charge in [0.05, 0.1) is 14.2 Å². The van der Waals surface area contributed by atoms with Crippen LogP contribution in [0.15, 0.2) is 59.6 Å². The summed E-state index contributed by atoms with van der Waals surface area (Å²) in [4.78, 5) is 9.23. The van der Waals surface area contributed by atoms with Gasteiger partial charge in [-0.05, 0) is 41.8 Å². The van der Waals surface area contributed by atoms with Gasteiger partial charge in [-0.2, -0.15) is 0 Å².